The highest BCUT2D eigenvalue weighted by Gasteiger charge is 2.20. The number of pyridine rings is 1. The third-order valence-corrected chi connectivity index (χ3v) is 7.09. The van der Waals surface area contributed by atoms with Gasteiger partial charge in [-0.05, 0) is 56.7 Å². The molecule has 0 saturated heterocycles. The molecule has 3 heterocycles. The van der Waals surface area contributed by atoms with Gasteiger partial charge in [0.2, 0.25) is 0 Å². The van der Waals surface area contributed by atoms with Gasteiger partial charge in [-0.1, -0.05) is 6.07 Å². The van der Waals surface area contributed by atoms with Crippen molar-refractivity contribution in [1.82, 2.24) is 19.9 Å². The number of anilines is 3. The molecule has 226 valence electrons. The second kappa shape index (κ2) is 15.2. The summed E-state index contributed by atoms with van der Waals surface area (Å²) < 4.78 is 32.8. The zero-order valence-electron chi connectivity index (χ0n) is 24.2. The summed E-state index contributed by atoms with van der Waals surface area (Å²) in [5.74, 6) is -0.205. The fourth-order valence-corrected chi connectivity index (χ4v) is 4.81. The molecule has 1 atom stereocenters. The van der Waals surface area contributed by atoms with Gasteiger partial charge in [-0.2, -0.15) is 0 Å². The fourth-order valence-electron chi connectivity index (χ4n) is 4.81. The number of benzene rings is 1. The average Bonchev–Trinajstić information content (AvgIpc) is 2.96. The number of halogens is 2. The summed E-state index contributed by atoms with van der Waals surface area (Å²) in [6.07, 6.45) is 6.48. The predicted molar refractivity (Wildman–Crippen MR) is 158 cm³/mol. The van der Waals surface area contributed by atoms with Crippen LogP contribution in [0.25, 0.3) is 0 Å². The van der Waals surface area contributed by atoms with Gasteiger partial charge in [0.1, 0.15) is 53.8 Å². The number of nitrogens with zero attached hydrogens (tertiary/aromatic N) is 5. The molecule has 4 rings (SSSR count). The van der Waals surface area contributed by atoms with Gasteiger partial charge < -0.3 is 25.4 Å². The molecule has 2 aromatic heterocycles. The van der Waals surface area contributed by atoms with Crippen LogP contribution in [0.1, 0.15) is 36.9 Å². The molecule has 0 fully saturated rings. The van der Waals surface area contributed by atoms with Crippen molar-refractivity contribution >= 4 is 23.4 Å². The molecule has 0 saturated carbocycles. The number of aryl methyl sites for hydroxylation is 2. The quantitative estimate of drug-likeness (QED) is 0.212. The first-order chi connectivity index (χ1) is 20.3. The van der Waals surface area contributed by atoms with Crippen LogP contribution in [-0.4, -0.2) is 83.9 Å². The maximum Gasteiger partial charge on any atom is 0.326 e. The van der Waals surface area contributed by atoms with Crippen LogP contribution in [0.2, 0.25) is 0 Å². The molecular formula is C30H39F2N7O3. The van der Waals surface area contributed by atoms with E-state index in [1.54, 1.807) is 6.07 Å². The van der Waals surface area contributed by atoms with Crippen LogP contribution in [0.3, 0.4) is 0 Å². The number of rotatable bonds is 16. The fraction of sp³-hybridized carbons (Fsp3) is 0.467. The van der Waals surface area contributed by atoms with Crippen LogP contribution >= 0.6 is 0 Å². The normalized spacial score (nSPS) is 13.3. The van der Waals surface area contributed by atoms with E-state index in [9.17, 15) is 18.7 Å². The lowest BCUT2D eigenvalue weighted by Crippen LogP contribution is -2.37. The number of hydrogen-bond acceptors (Lipinski definition) is 9. The minimum atomic E-state index is -0.987. The number of hydrogen-bond donors (Lipinski definition) is 3. The van der Waals surface area contributed by atoms with Gasteiger partial charge in [-0.15, -0.1) is 0 Å². The molecule has 0 amide bonds. The number of carboxylic acid groups (broad SMARTS) is 1. The van der Waals surface area contributed by atoms with Crippen molar-refractivity contribution in [1.29, 1.82) is 0 Å². The Morgan fingerprint density at radius 2 is 1.90 bits per heavy atom. The molecule has 0 aliphatic carbocycles. The van der Waals surface area contributed by atoms with Crippen LogP contribution in [-0.2, 0) is 17.6 Å². The Hall–Kier alpha value is -4.06. The molecule has 0 bridgehead atoms. The van der Waals surface area contributed by atoms with E-state index < -0.39 is 23.6 Å². The smallest absolute Gasteiger partial charge is 0.326 e. The molecule has 3 aromatic rings. The predicted octanol–water partition coefficient (Wildman–Crippen LogP) is 4.23. The maximum absolute atomic E-state index is 13.6. The van der Waals surface area contributed by atoms with E-state index in [0.29, 0.717) is 37.7 Å². The monoisotopic (exact) mass is 583 g/mol. The Kier molecular flexibility index (Phi) is 11.2. The Morgan fingerprint density at radius 3 is 2.67 bits per heavy atom. The SMILES string of the molecule is CN(C)c1cc(NC(CCN(CCCCc2ccc3c(n2)NCCC3)CCOc2cc(F)cc(F)c2)C(=O)O)ncn1. The average molecular weight is 584 g/mol. The summed E-state index contributed by atoms with van der Waals surface area (Å²) in [4.78, 5) is 29.1. The van der Waals surface area contributed by atoms with Gasteiger partial charge in [0.25, 0.3) is 0 Å². The van der Waals surface area contributed by atoms with E-state index in [4.69, 9.17) is 9.72 Å². The molecule has 1 aliphatic heterocycles. The minimum absolute atomic E-state index is 0.116. The second-order valence-corrected chi connectivity index (χ2v) is 10.6. The lowest BCUT2D eigenvalue weighted by Gasteiger charge is -2.25. The van der Waals surface area contributed by atoms with Crippen molar-refractivity contribution in [2.24, 2.45) is 0 Å². The van der Waals surface area contributed by atoms with E-state index in [0.717, 1.165) is 68.4 Å². The molecule has 12 heteroatoms. The van der Waals surface area contributed by atoms with Crippen molar-refractivity contribution in [3.8, 4) is 5.75 Å². The molecule has 10 nitrogen and oxygen atoms in total. The number of fused-ring (bicyclic) bond motifs is 1. The lowest BCUT2D eigenvalue weighted by molar-refractivity contribution is -0.138. The minimum Gasteiger partial charge on any atom is -0.492 e. The van der Waals surface area contributed by atoms with E-state index in [2.05, 4.69) is 37.6 Å². The Balaban J connectivity index is 1.33. The standard InChI is InChI=1S/C30H39F2N7O3/c1-38(2)28-19-27(34-20-35-28)37-26(30(40)41)10-13-39(14-15-42-25-17-22(31)16-23(32)18-25)12-4-3-7-24-9-8-21-6-5-11-33-29(21)36-24/h8-9,16-20,26H,3-7,10-15H2,1-2H3,(H,33,36)(H,40,41)(H,34,35,37). The summed E-state index contributed by atoms with van der Waals surface area (Å²) in [5.41, 5.74) is 2.30. The van der Waals surface area contributed by atoms with E-state index in [-0.39, 0.29) is 12.4 Å². The zero-order chi connectivity index (χ0) is 29.9. The van der Waals surface area contributed by atoms with Crippen molar-refractivity contribution in [2.45, 2.75) is 44.6 Å². The van der Waals surface area contributed by atoms with Gasteiger partial charge in [-0.3, -0.25) is 4.90 Å². The molecule has 1 unspecified atom stereocenters. The zero-order valence-corrected chi connectivity index (χ0v) is 24.2. The summed E-state index contributed by atoms with van der Waals surface area (Å²) >= 11 is 0. The van der Waals surface area contributed by atoms with Crippen LogP contribution in [0, 0.1) is 11.6 Å². The Bertz CT molecular complexity index is 1310. The van der Waals surface area contributed by atoms with Crippen molar-refractivity contribution in [2.75, 3.05) is 62.4 Å². The Morgan fingerprint density at radius 1 is 1.10 bits per heavy atom. The van der Waals surface area contributed by atoms with Crippen molar-refractivity contribution in [3.63, 3.8) is 0 Å². The number of ether oxygens (including phenoxy) is 1. The topological polar surface area (TPSA) is 116 Å². The number of aromatic nitrogens is 3. The van der Waals surface area contributed by atoms with Crippen LogP contribution < -0.4 is 20.3 Å². The van der Waals surface area contributed by atoms with Crippen molar-refractivity contribution < 1.29 is 23.4 Å². The van der Waals surface area contributed by atoms with Gasteiger partial charge >= 0.3 is 5.97 Å². The highest BCUT2D eigenvalue weighted by Crippen LogP contribution is 2.21. The second-order valence-electron chi connectivity index (χ2n) is 10.6. The third kappa shape index (κ3) is 9.51. The maximum atomic E-state index is 13.6. The Labute approximate surface area is 245 Å². The van der Waals surface area contributed by atoms with E-state index in [1.807, 2.05) is 19.0 Å². The largest absolute Gasteiger partial charge is 0.492 e. The number of unbranched alkanes of at least 4 members (excludes halogenated alkanes) is 1. The molecule has 1 aliphatic rings. The molecule has 0 radical (unpaired) electrons. The lowest BCUT2D eigenvalue weighted by atomic mass is 10.1. The van der Waals surface area contributed by atoms with Crippen LogP contribution in [0.15, 0.2) is 42.7 Å². The van der Waals surface area contributed by atoms with E-state index in [1.165, 1.54) is 11.9 Å². The molecular weight excluding hydrogens is 544 g/mol. The number of aliphatic carboxylic acids is 1. The molecule has 3 N–H and O–H groups in total. The van der Waals surface area contributed by atoms with Crippen LogP contribution in [0.5, 0.6) is 5.75 Å². The first-order valence-electron chi connectivity index (χ1n) is 14.3. The molecule has 0 spiro atoms. The van der Waals surface area contributed by atoms with Gasteiger partial charge in [0.15, 0.2) is 0 Å². The molecule has 42 heavy (non-hydrogen) atoms. The van der Waals surface area contributed by atoms with Gasteiger partial charge in [0.05, 0.1) is 0 Å². The van der Waals surface area contributed by atoms with Gasteiger partial charge in [-0.25, -0.2) is 28.5 Å². The number of nitrogens with one attached hydrogen (secondary N) is 2. The number of carbonyl (C=O) groups is 1. The summed E-state index contributed by atoms with van der Waals surface area (Å²) in [7, 11) is 3.69. The van der Waals surface area contributed by atoms with Crippen molar-refractivity contribution in [3.05, 3.63) is 65.6 Å². The third-order valence-electron chi connectivity index (χ3n) is 7.09. The summed E-state index contributed by atoms with van der Waals surface area (Å²) in [5, 5.41) is 16.3. The highest BCUT2D eigenvalue weighted by molar-refractivity contribution is 5.77. The highest BCUT2D eigenvalue weighted by atomic mass is 19.1. The summed E-state index contributed by atoms with van der Waals surface area (Å²) in [6, 6.07) is 8.15. The summed E-state index contributed by atoms with van der Waals surface area (Å²) in [6.45, 7) is 2.78. The first kappa shape index (κ1) is 30.9. The number of carboxylic acids is 1. The van der Waals surface area contributed by atoms with Gasteiger partial charge in [0, 0.05) is 63.7 Å². The first-order valence-corrected chi connectivity index (χ1v) is 14.3. The van der Waals surface area contributed by atoms with Crippen LogP contribution in [0.4, 0.5) is 26.2 Å². The molecule has 1 aromatic carbocycles. The van der Waals surface area contributed by atoms with E-state index >= 15 is 0 Å².